The number of aryl methyl sites for hydroxylation is 1. The zero-order valence-electron chi connectivity index (χ0n) is 22.0. The van der Waals surface area contributed by atoms with Gasteiger partial charge in [-0.15, -0.1) is 0 Å². The summed E-state index contributed by atoms with van der Waals surface area (Å²) < 4.78 is 14.2. The van der Waals surface area contributed by atoms with E-state index in [0.29, 0.717) is 47.6 Å². The van der Waals surface area contributed by atoms with Crippen molar-refractivity contribution in [3.8, 4) is 5.75 Å². The molecular weight excluding hydrogens is 496 g/mol. The van der Waals surface area contributed by atoms with Crippen LogP contribution in [-0.2, 0) is 11.3 Å². The summed E-state index contributed by atoms with van der Waals surface area (Å²) in [4.78, 5) is 49.8. The molecule has 5 aromatic rings. The SMILES string of the molecule is CCCn1c(=NC(=O)c2c(OCC)ccc3ccccc23)c(C(=O)OCC)cc2c(=O)n3ccccc3nc21. The molecule has 0 aliphatic heterocycles. The molecule has 9 heteroatoms. The van der Waals surface area contributed by atoms with Crippen molar-refractivity contribution >= 4 is 39.3 Å². The van der Waals surface area contributed by atoms with Crippen LogP contribution in [0.5, 0.6) is 5.75 Å². The Kier molecular flexibility index (Phi) is 7.23. The highest BCUT2D eigenvalue weighted by Crippen LogP contribution is 2.29. The summed E-state index contributed by atoms with van der Waals surface area (Å²) in [6.07, 6.45) is 2.26. The molecule has 0 N–H and O–H groups in total. The number of hydrogen-bond acceptors (Lipinski definition) is 6. The van der Waals surface area contributed by atoms with Crippen molar-refractivity contribution in [2.75, 3.05) is 13.2 Å². The van der Waals surface area contributed by atoms with Gasteiger partial charge in [0.2, 0.25) is 0 Å². The molecule has 0 atom stereocenters. The Morgan fingerprint density at radius 1 is 0.949 bits per heavy atom. The largest absolute Gasteiger partial charge is 0.493 e. The standard InChI is InChI=1S/C30H28N4O5/c1-4-16-34-26-21(29(36)33-17-10-9-13-24(33)31-26)18-22(30(37)39-6-3)27(34)32-28(35)25-20-12-8-7-11-19(20)14-15-23(25)38-5-2/h7-15,17-18H,4-6,16H2,1-3H3. The Morgan fingerprint density at radius 2 is 1.74 bits per heavy atom. The van der Waals surface area contributed by atoms with Gasteiger partial charge in [0.05, 0.1) is 24.2 Å². The van der Waals surface area contributed by atoms with Crippen molar-refractivity contribution in [2.24, 2.45) is 4.99 Å². The third kappa shape index (κ3) is 4.67. The molecule has 0 fully saturated rings. The van der Waals surface area contributed by atoms with Gasteiger partial charge in [-0.2, -0.15) is 4.99 Å². The van der Waals surface area contributed by atoms with Gasteiger partial charge in [0.15, 0.2) is 5.49 Å². The average Bonchev–Trinajstić information content (AvgIpc) is 2.94. The summed E-state index contributed by atoms with van der Waals surface area (Å²) in [7, 11) is 0. The Labute approximate surface area is 224 Å². The number of carbonyl (C=O) groups is 2. The number of hydrogen-bond donors (Lipinski definition) is 0. The van der Waals surface area contributed by atoms with Crippen molar-refractivity contribution in [1.29, 1.82) is 0 Å². The summed E-state index contributed by atoms with van der Waals surface area (Å²) in [6, 6.07) is 17.8. The van der Waals surface area contributed by atoms with E-state index in [1.54, 1.807) is 42.0 Å². The normalized spacial score (nSPS) is 11.8. The molecule has 0 bridgehead atoms. The Balaban J connectivity index is 1.89. The van der Waals surface area contributed by atoms with Crippen LogP contribution in [0.1, 0.15) is 47.9 Å². The van der Waals surface area contributed by atoms with Gasteiger partial charge >= 0.3 is 5.97 Å². The minimum Gasteiger partial charge on any atom is -0.493 e. The number of esters is 1. The van der Waals surface area contributed by atoms with Crippen molar-refractivity contribution in [2.45, 2.75) is 33.7 Å². The second-order valence-corrected chi connectivity index (χ2v) is 8.85. The average molecular weight is 525 g/mol. The monoisotopic (exact) mass is 524 g/mol. The van der Waals surface area contributed by atoms with Crippen LogP contribution in [0.25, 0.3) is 27.5 Å². The van der Waals surface area contributed by atoms with Gasteiger partial charge in [0, 0.05) is 12.7 Å². The minimum absolute atomic E-state index is 0.0131. The minimum atomic E-state index is -0.684. The van der Waals surface area contributed by atoms with Crippen LogP contribution in [0.3, 0.4) is 0 Å². The second-order valence-electron chi connectivity index (χ2n) is 8.85. The molecule has 0 radical (unpaired) electrons. The number of aromatic nitrogens is 3. The smallest absolute Gasteiger partial charge is 0.341 e. The van der Waals surface area contributed by atoms with Gasteiger partial charge in [-0.05, 0) is 55.3 Å². The number of amides is 1. The molecule has 0 unspecified atom stereocenters. The topological polar surface area (TPSA) is 104 Å². The Hall–Kier alpha value is -4.79. The third-order valence-electron chi connectivity index (χ3n) is 6.34. The van der Waals surface area contributed by atoms with Gasteiger partial charge in [-0.3, -0.25) is 14.0 Å². The first-order chi connectivity index (χ1) is 19.0. The fourth-order valence-corrected chi connectivity index (χ4v) is 4.69. The predicted molar refractivity (Wildman–Crippen MR) is 148 cm³/mol. The van der Waals surface area contributed by atoms with E-state index < -0.39 is 11.9 Å². The summed E-state index contributed by atoms with van der Waals surface area (Å²) in [5.41, 5.74) is 0.815. The van der Waals surface area contributed by atoms with Crippen LogP contribution >= 0.6 is 0 Å². The second kappa shape index (κ2) is 10.9. The lowest BCUT2D eigenvalue weighted by Crippen LogP contribution is -2.32. The Morgan fingerprint density at radius 3 is 2.51 bits per heavy atom. The van der Waals surface area contributed by atoms with Gasteiger partial charge in [0.1, 0.15) is 22.6 Å². The Bertz CT molecular complexity index is 1870. The maximum absolute atomic E-state index is 13.9. The number of nitrogens with zero attached hydrogens (tertiary/aromatic N) is 4. The molecule has 0 aliphatic carbocycles. The lowest BCUT2D eigenvalue weighted by molar-refractivity contribution is 0.0523. The molecular formula is C30H28N4O5. The van der Waals surface area contributed by atoms with E-state index in [0.717, 1.165) is 5.39 Å². The summed E-state index contributed by atoms with van der Waals surface area (Å²) in [6.45, 7) is 6.32. The van der Waals surface area contributed by atoms with Gasteiger partial charge in [-0.25, -0.2) is 9.78 Å². The molecule has 1 amide bonds. The molecule has 2 aromatic carbocycles. The molecule has 5 rings (SSSR count). The zero-order valence-corrected chi connectivity index (χ0v) is 22.0. The van der Waals surface area contributed by atoms with Crippen LogP contribution in [0.2, 0.25) is 0 Å². The predicted octanol–water partition coefficient (Wildman–Crippen LogP) is 4.53. The van der Waals surface area contributed by atoms with Gasteiger partial charge in [-0.1, -0.05) is 43.3 Å². The highest BCUT2D eigenvalue weighted by Gasteiger charge is 2.22. The number of carbonyl (C=O) groups excluding carboxylic acids is 2. The van der Waals surface area contributed by atoms with Crippen molar-refractivity contribution in [3.05, 3.63) is 93.8 Å². The molecule has 0 saturated heterocycles. The number of rotatable bonds is 7. The third-order valence-corrected chi connectivity index (χ3v) is 6.34. The van der Waals surface area contributed by atoms with Crippen LogP contribution in [-0.4, -0.2) is 39.0 Å². The number of ether oxygens (including phenoxy) is 2. The molecule has 0 spiro atoms. The molecule has 3 aromatic heterocycles. The number of fused-ring (bicyclic) bond motifs is 3. The van der Waals surface area contributed by atoms with Crippen LogP contribution < -0.4 is 15.8 Å². The van der Waals surface area contributed by atoms with Crippen molar-refractivity contribution in [3.63, 3.8) is 0 Å². The summed E-state index contributed by atoms with van der Waals surface area (Å²) in [5, 5.41) is 1.76. The van der Waals surface area contributed by atoms with Gasteiger partial charge < -0.3 is 14.0 Å². The van der Waals surface area contributed by atoms with E-state index in [9.17, 15) is 14.4 Å². The summed E-state index contributed by atoms with van der Waals surface area (Å²) >= 11 is 0. The highest BCUT2D eigenvalue weighted by atomic mass is 16.5. The molecule has 198 valence electrons. The van der Waals surface area contributed by atoms with E-state index in [4.69, 9.17) is 14.5 Å². The van der Waals surface area contributed by atoms with E-state index in [1.807, 2.05) is 44.2 Å². The van der Waals surface area contributed by atoms with Crippen molar-refractivity contribution < 1.29 is 19.1 Å². The van der Waals surface area contributed by atoms with Crippen LogP contribution in [0.15, 0.2) is 76.6 Å². The number of benzene rings is 2. The maximum atomic E-state index is 13.9. The first-order valence-electron chi connectivity index (χ1n) is 12.9. The van der Waals surface area contributed by atoms with E-state index >= 15 is 0 Å². The quantitative estimate of drug-likeness (QED) is 0.229. The van der Waals surface area contributed by atoms with Crippen LogP contribution in [0.4, 0.5) is 0 Å². The van der Waals surface area contributed by atoms with E-state index in [2.05, 4.69) is 4.99 Å². The maximum Gasteiger partial charge on any atom is 0.341 e. The van der Waals surface area contributed by atoms with Crippen molar-refractivity contribution in [1.82, 2.24) is 14.0 Å². The van der Waals surface area contributed by atoms with Gasteiger partial charge in [0.25, 0.3) is 11.5 Å². The fourth-order valence-electron chi connectivity index (χ4n) is 4.69. The molecule has 0 aliphatic rings. The summed E-state index contributed by atoms with van der Waals surface area (Å²) in [5.74, 6) is -0.869. The lowest BCUT2D eigenvalue weighted by Gasteiger charge is -2.15. The first-order valence-corrected chi connectivity index (χ1v) is 12.9. The highest BCUT2D eigenvalue weighted by molar-refractivity contribution is 6.10. The lowest BCUT2D eigenvalue weighted by atomic mass is 10.0. The molecule has 3 heterocycles. The number of pyridine rings is 2. The van der Waals surface area contributed by atoms with E-state index in [1.165, 1.54) is 10.5 Å². The van der Waals surface area contributed by atoms with E-state index in [-0.39, 0.29) is 28.6 Å². The molecule has 0 saturated carbocycles. The molecule has 9 nitrogen and oxygen atoms in total. The van der Waals surface area contributed by atoms with Crippen LogP contribution in [0, 0.1) is 0 Å². The first kappa shape index (κ1) is 25.8. The fraction of sp³-hybridized carbons (Fsp3) is 0.233. The zero-order chi connectivity index (χ0) is 27.5. The molecule has 39 heavy (non-hydrogen) atoms.